The second-order valence-electron chi connectivity index (χ2n) is 5.00. The van der Waals surface area contributed by atoms with Crippen molar-refractivity contribution in [3.63, 3.8) is 0 Å². The van der Waals surface area contributed by atoms with Gasteiger partial charge in [-0.25, -0.2) is 0 Å². The fourth-order valence-electron chi connectivity index (χ4n) is 2.49. The van der Waals surface area contributed by atoms with Gasteiger partial charge in [-0.15, -0.1) is 0 Å². The number of fused-ring (bicyclic) bond motifs is 1. The molecular weight excluding hydrogens is 266 g/mol. The molecule has 2 aromatic carbocycles. The number of hydrogen-bond acceptors (Lipinski definition) is 4. The summed E-state index contributed by atoms with van der Waals surface area (Å²) < 4.78 is 5.19. The Morgan fingerprint density at radius 1 is 1.14 bits per heavy atom. The number of Topliss-reactive ketones (excluding diaryl/α,β-unsaturated/α-hetero) is 1. The van der Waals surface area contributed by atoms with Crippen molar-refractivity contribution in [3.05, 3.63) is 59.7 Å². The zero-order chi connectivity index (χ0) is 14.7. The van der Waals surface area contributed by atoms with Crippen LogP contribution in [0.25, 0.3) is 0 Å². The smallest absolute Gasteiger partial charge is 0.194 e. The van der Waals surface area contributed by atoms with Gasteiger partial charge in [0.1, 0.15) is 11.9 Å². The first kappa shape index (κ1) is 13.6. The molecule has 2 aromatic rings. The number of anilines is 1. The summed E-state index contributed by atoms with van der Waals surface area (Å²) in [4.78, 5) is 18.0. The van der Waals surface area contributed by atoms with E-state index in [-0.39, 0.29) is 5.78 Å². The van der Waals surface area contributed by atoms with Gasteiger partial charge in [0.25, 0.3) is 0 Å². The van der Waals surface area contributed by atoms with Crippen molar-refractivity contribution >= 4 is 11.5 Å². The highest BCUT2D eigenvalue weighted by Gasteiger charge is 2.28. The molecule has 1 aliphatic carbocycles. The van der Waals surface area contributed by atoms with Crippen LogP contribution >= 0.6 is 0 Å². The highest BCUT2D eigenvalue weighted by molar-refractivity contribution is 6.02. The average molecular weight is 283 g/mol. The van der Waals surface area contributed by atoms with Gasteiger partial charge in [0.05, 0.1) is 12.8 Å². The van der Waals surface area contributed by atoms with Gasteiger partial charge in [-0.3, -0.25) is 15.1 Å². The van der Waals surface area contributed by atoms with Gasteiger partial charge in [-0.1, -0.05) is 18.2 Å². The Labute approximate surface area is 123 Å². The van der Waals surface area contributed by atoms with Gasteiger partial charge in [-0.2, -0.15) is 0 Å². The average Bonchev–Trinajstić information content (AvgIpc) is 2.55. The van der Waals surface area contributed by atoms with Crippen molar-refractivity contribution in [1.82, 2.24) is 0 Å². The lowest BCUT2D eigenvalue weighted by molar-refractivity contribution is 0.0550. The largest absolute Gasteiger partial charge is 0.497 e. The highest BCUT2D eigenvalue weighted by Crippen LogP contribution is 2.27. The first-order valence-corrected chi connectivity index (χ1v) is 6.96. The predicted molar refractivity (Wildman–Crippen MR) is 80.6 cm³/mol. The number of carbonyl (C=O) groups excluding carboxylic acids is 1. The fourth-order valence-corrected chi connectivity index (χ4v) is 2.49. The summed E-state index contributed by atoms with van der Waals surface area (Å²) in [6, 6.07) is 15.1. The molecule has 0 radical (unpaired) electrons. The number of carbonyl (C=O) groups is 1. The van der Waals surface area contributed by atoms with Crippen LogP contribution in [0.1, 0.15) is 22.3 Å². The van der Waals surface area contributed by atoms with Crippen LogP contribution in [0.4, 0.5) is 5.69 Å². The molecule has 0 saturated carbocycles. The summed E-state index contributed by atoms with van der Waals surface area (Å²) in [6.45, 7) is 0. The number of methoxy groups -OCH3 is 1. The van der Waals surface area contributed by atoms with Crippen molar-refractivity contribution in [1.29, 1.82) is 0 Å². The van der Waals surface area contributed by atoms with E-state index < -0.39 is 6.10 Å². The van der Waals surface area contributed by atoms with E-state index in [1.807, 2.05) is 48.5 Å². The molecule has 1 aliphatic rings. The maximum absolute atomic E-state index is 12.4. The third kappa shape index (κ3) is 2.90. The number of para-hydroxylation sites is 1. The predicted octanol–water partition coefficient (Wildman–Crippen LogP) is 3.24. The number of ketones is 1. The Hall–Kier alpha value is -2.33. The molecule has 0 bridgehead atoms. The van der Waals surface area contributed by atoms with Crippen LogP contribution in [0.3, 0.4) is 0 Å². The van der Waals surface area contributed by atoms with Crippen LogP contribution in [0.5, 0.6) is 5.75 Å². The Balaban J connectivity index is 1.70. The van der Waals surface area contributed by atoms with E-state index in [2.05, 4.69) is 5.48 Å². The van der Waals surface area contributed by atoms with Crippen molar-refractivity contribution in [2.45, 2.75) is 18.9 Å². The highest BCUT2D eigenvalue weighted by atomic mass is 16.7. The van der Waals surface area contributed by atoms with Gasteiger partial charge in [0, 0.05) is 5.56 Å². The molecule has 1 atom stereocenters. The van der Waals surface area contributed by atoms with Crippen LogP contribution in [-0.2, 0) is 11.3 Å². The van der Waals surface area contributed by atoms with E-state index in [1.54, 1.807) is 7.11 Å². The quantitative estimate of drug-likeness (QED) is 0.875. The summed E-state index contributed by atoms with van der Waals surface area (Å²) in [5, 5.41) is 0. The number of benzene rings is 2. The maximum Gasteiger partial charge on any atom is 0.194 e. The number of hydrogen-bond donors (Lipinski definition) is 1. The van der Waals surface area contributed by atoms with Gasteiger partial charge >= 0.3 is 0 Å². The Morgan fingerprint density at radius 3 is 2.71 bits per heavy atom. The molecule has 0 unspecified atom stereocenters. The zero-order valence-corrected chi connectivity index (χ0v) is 11.8. The minimum atomic E-state index is -0.453. The normalized spacial score (nSPS) is 17.2. The first-order valence-electron chi connectivity index (χ1n) is 6.96. The van der Waals surface area contributed by atoms with Crippen LogP contribution in [0.15, 0.2) is 48.5 Å². The van der Waals surface area contributed by atoms with Crippen molar-refractivity contribution in [3.8, 4) is 5.75 Å². The lowest BCUT2D eigenvalue weighted by atomic mass is 9.88. The zero-order valence-electron chi connectivity index (χ0n) is 11.8. The minimum absolute atomic E-state index is 0.0161. The molecule has 0 heterocycles. The summed E-state index contributed by atoms with van der Waals surface area (Å²) in [6.07, 6.45) is 1.02. The number of nitrogens with one attached hydrogen (secondary N) is 1. The van der Waals surface area contributed by atoms with Gasteiger partial charge < -0.3 is 4.74 Å². The Bertz CT molecular complexity index is 640. The Morgan fingerprint density at radius 2 is 1.95 bits per heavy atom. The van der Waals surface area contributed by atoms with E-state index in [9.17, 15) is 4.79 Å². The summed E-state index contributed by atoms with van der Waals surface area (Å²) >= 11 is 0. The van der Waals surface area contributed by atoms with Crippen LogP contribution in [0.2, 0.25) is 0 Å². The van der Waals surface area contributed by atoms with Crippen molar-refractivity contribution in [2.24, 2.45) is 0 Å². The third-order valence-electron chi connectivity index (χ3n) is 3.64. The molecule has 3 rings (SSSR count). The molecule has 0 fully saturated rings. The summed E-state index contributed by atoms with van der Waals surface area (Å²) in [7, 11) is 1.63. The summed E-state index contributed by atoms with van der Waals surface area (Å²) in [5.41, 5.74) is 5.44. The molecule has 0 amide bonds. The molecule has 1 N–H and O–H groups in total. The van der Waals surface area contributed by atoms with E-state index in [0.717, 1.165) is 29.0 Å². The number of aryl methyl sites for hydroxylation is 1. The monoisotopic (exact) mass is 283 g/mol. The number of rotatable bonds is 4. The van der Waals surface area contributed by atoms with Gasteiger partial charge in [0.15, 0.2) is 5.78 Å². The topological polar surface area (TPSA) is 47.6 Å². The van der Waals surface area contributed by atoms with Crippen molar-refractivity contribution < 1.29 is 14.4 Å². The Kier molecular flexibility index (Phi) is 3.88. The fraction of sp³-hybridized carbons (Fsp3) is 0.235. The summed E-state index contributed by atoms with van der Waals surface area (Å²) in [5.74, 6) is 0.797. The molecule has 4 heteroatoms. The lowest BCUT2D eigenvalue weighted by Crippen LogP contribution is -2.32. The van der Waals surface area contributed by atoms with Gasteiger partial charge in [-0.05, 0) is 48.7 Å². The molecule has 21 heavy (non-hydrogen) atoms. The lowest BCUT2D eigenvalue weighted by Gasteiger charge is -2.23. The van der Waals surface area contributed by atoms with Crippen LogP contribution in [-0.4, -0.2) is 19.0 Å². The molecule has 0 spiro atoms. The van der Waals surface area contributed by atoms with Gasteiger partial charge in [0.2, 0.25) is 0 Å². The maximum atomic E-state index is 12.4. The molecule has 108 valence electrons. The second kappa shape index (κ2) is 5.97. The van der Waals surface area contributed by atoms with Crippen LogP contribution in [0, 0.1) is 0 Å². The SMILES string of the molecule is COc1ccc2c(c1)CC[C@@H](ONc1ccccc1)C2=O. The first-order chi connectivity index (χ1) is 10.3. The van der Waals surface area contributed by atoms with E-state index in [0.29, 0.717) is 6.42 Å². The van der Waals surface area contributed by atoms with Crippen molar-refractivity contribution in [2.75, 3.05) is 12.6 Å². The molecule has 0 aliphatic heterocycles. The van der Waals surface area contributed by atoms with E-state index in [1.165, 1.54) is 0 Å². The molecular formula is C17H17NO3. The van der Waals surface area contributed by atoms with E-state index >= 15 is 0 Å². The number of ether oxygens (including phenoxy) is 1. The minimum Gasteiger partial charge on any atom is -0.497 e. The van der Waals surface area contributed by atoms with E-state index in [4.69, 9.17) is 9.57 Å². The van der Waals surface area contributed by atoms with Crippen LogP contribution < -0.4 is 10.2 Å². The molecule has 4 nitrogen and oxygen atoms in total. The second-order valence-corrected chi connectivity index (χ2v) is 5.00. The molecule has 0 aromatic heterocycles. The standard InChI is InChI=1S/C17H17NO3/c1-20-14-8-9-15-12(11-14)7-10-16(17(15)19)21-18-13-5-3-2-4-6-13/h2-6,8-9,11,16,18H,7,10H2,1H3/t16-/m1/s1. The molecule has 0 saturated heterocycles. The third-order valence-corrected chi connectivity index (χ3v) is 3.64.